The highest BCUT2D eigenvalue weighted by atomic mass is 35.5. The molecule has 0 spiro atoms. The highest BCUT2D eigenvalue weighted by Crippen LogP contribution is 2.29. The number of aryl methyl sites for hydroxylation is 4. The third kappa shape index (κ3) is 1.14. The molecule has 0 unspecified atom stereocenters. The van der Waals surface area contributed by atoms with Gasteiger partial charge in [0.05, 0.1) is 5.52 Å². The highest BCUT2D eigenvalue weighted by molar-refractivity contribution is 6.34. The fourth-order valence-electron chi connectivity index (χ4n) is 1.95. The second-order valence-corrected chi connectivity index (χ2v) is 4.12. The van der Waals surface area contributed by atoms with E-state index in [1.807, 2.05) is 14.0 Å². The van der Waals surface area contributed by atoms with E-state index in [0.717, 1.165) is 11.1 Å². The molecule has 74 valence electrons. The monoisotopic (exact) mass is 208 g/mol. The Morgan fingerprint density at radius 2 is 1.93 bits per heavy atom. The van der Waals surface area contributed by atoms with Gasteiger partial charge in [0.1, 0.15) is 5.15 Å². The highest BCUT2D eigenvalue weighted by Gasteiger charge is 2.12. The molecule has 0 atom stereocenters. The van der Waals surface area contributed by atoms with Crippen LogP contribution < -0.4 is 0 Å². The Balaban J connectivity index is 3.05. The summed E-state index contributed by atoms with van der Waals surface area (Å²) >= 11 is 6.13. The van der Waals surface area contributed by atoms with Gasteiger partial charge in [-0.15, -0.1) is 0 Å². The van der Waals surface area contributed by atoms with Gasteiger partial charge in [-0.3, -0.25) is 0 Å². The predicted molar refractivity (Wildman–Crippen MR) is 59.9 cm³/mol. The Labute approximate surface area is 88.5 Å². The van der Waals surface area contributed by atoms with Crippen LogP contribution in [-0.2, 0) is 7.05 Å². The standard InChI is InChI=1S/C11H13ClN2/c1-6-5-14(4)10-7(2)8(3)13-11(12)9(6)10/h5H,1-4H3. The lowest BCUT2D eigenvalue weighted by molar-refractivity contribution is 0.955. The number of hydrogen-bond donors (Lipinski definition) is 0. The van der Waals surface area contributed by atoms with E-state index in [2.05, 4.69) is 29.6 Å². The van der Waals surface area contributed by atoms with Crippen molar-refractivity contribution in [1.82, 2.24) is 9.55 Å². The van der Waals surface area contributed by atoms with Gasteiger partial charge in [0.25, 0.3) is 0 Å². The molecule has 0 aliphatic heterocycles. The van der Waals surface area contributed by atoms with Crippen molar-refractivity contribution < 1.29 is 0 Å². The summed E-state index contributed by atoms with van der Waals surface area (Å²) < 4.78 is 2.11. The van der Waals surface area contributed by atoms with Crippen LogP contribution in [0.5, 0.6) is 0 Å². The molecule has 2 heterocycles. The molecule has 2 nitrogen and oxygen atoms in total. The van der Waals surface area contributed by atoms with Crippen LogP contribution in [-0.4, -0.2) is 9.55 Å². The van der Waals surface area contributed by atoms with Crippen LogP contribution in [0.15, 0.2) is 6.20 Å². The Kier molecular flexibility index (Phi) is 2.04. The van der Waals surface area contributed by atoms with Gasteiger partial charge in [-0.05, 0) is 31.9 Å². The molecule has 0 aliphatic rings. The molecule has 2 aromatic rings. The van der Waals surface area contributed by atoms with Crippen LogP contribution in [0.2, 0.25) is 5.15 Å². The third-order valence-corrected chi connectivity index (χ3v) is 3.01. The number of aromatic nitrogens is 2. The Bertz CT molecular complexity index is 512. The first kappa shape index (κ1) is 9.53. The van der Waals surface area contributed by atoms with Crippen LogP contribution in [0.4, 0.5) is 0 Å². The lowest BCUT2D eigenvalue weighted by atomic mass is 10.1. The quantitative estimate of drug-likeness (QED) is 0.609. The number of hydrogen-bond acceptors (Lipinski definition) is 1. The van der Waals surface area contributed by atoms with E-state index in [1.54, 1.807) is 0 Å². The number of rotatable bonds is 0. The Morgan fingerprint density at radius 3 is 2.57 bits per heavy atom. The molecule has 3 heteroatoms. The van der Waals surface area contributed by atoms with Crippen LogP contribution in [0, 0.1) is 20.8 Å². The van der Waals surface area contributed by atoms with Gasteiger partial charge >= 0.3 is 0 Å². The number of fused-ring (bicyclic) bond motifs is 1. The Hall–Kier alpha value is -1.02. The minimum absolute atomic E-state index is 0.612. The van der Waals surface area contributed by atoms with E-state index in [9.17, 15) is 0 Å². The van der Waals surface area contributed by atoms with Crippen molar-refractivity contribution in [2.24, 2.45) is 7.05 Å². The molecule has 0 saturated heterocycles. The summed E-state index contributed by atoms with van der Waals surface area (Å²) in [5.41, 5.74) is 4.59. The number of nitrogens with zero attached hydrogens (tertiary/aromatic N) is 2. The molecule has 0 bridgehead atoms. The molecule has 0 saturated carbocycles. The van der Waals surface area contributed by atoms with Gasteiger partial charge in [-0.1, -0.05) is 11.6 Å². The van der Waals surface area contributed by atoms with Crippen molar-refractivity contribution >= 4 is 22.5 Å². The van der Waals surface area contributed by atoms with Crippen LogP contribution in [0.3, 0.4) is 0 Å². The third-order valence-electron chi connectivity index (χ3n) is 2.74. The van der Waals surface area contributed by atoms with Crippen LogP contribution in [0.1, 0.15) is 16.8 Å². The second kappa shape index (κ2) is 2.99. The first-order valence-corrected chi connectivity index (χ1v) is 4.98. The van der Waals surface area contributed by atoms with E-state index in [4.69, 9.17) is 11.6 Å². The largest absolute Gasteiger partial charge is 0.350 e. The molecular weight excluding hydrogens is 196 g/mol. The fourth-order valence-corrected chi connectivity index (χ4v) is 2.32. The molecule has 0 amide bonds. The van der Waals surface area contributed by atoms with Crippen molar-refractivity contribution in [1.29, 1.82) is 0 Å². The van der Waals surface area contributed by atoms with Gasteiger partial charge in [0, 0.05) is 24.3 Å². The minimum atomic E-state index is 0.612. The summed E-state index contributed by atoms with van der Waals surface area (Å²) in [6, 6.07) is 0. The maximum absolute atomic E-state index is 6.13. The van der Waals surface area contributed by atoms with E-state index >= 15 is 0 Å². The van der Waals surface area contributed by atoms with Gasteiger partial charge < -0.3 is 4.57 Å². The molecule has 0 aliphatic carbocycles. The van der Waals surface area contributed by atoms with Gasteiger partial charge in [0.15, 0.2) is 0 Å². The summed E-state index contributed by atoms with van der Waals surface area (Å²) in [4.78, 5) is 4.33. The summed E-state index contributed by atoms with van der Waals surface area (Å²) in [5.74, 6) is 0. The van der Waals surface area contributed by atoms with Crippen molar-refractivity contribution in [3.05, 3.63) is 28.2 Å². The molecule has 14 heavy (non-hydrogen) atoms. The smallest absolute Gasteiger partial charge is 0.138 e. The summed E-state index contributed by atoms with van der Waals surface area (Å²) in [5, 5.41) is 1.69. The number of pyridine rings is 1. The van der Waals surface area contributed by atoms with Crippen molar-refractivity contribution in [2.75, 3.05) is 0 Å². The zero-order chi connectivity index (χ0) is 10.5. The van der Waals surface area contributed by atoms with Gasteiger partial charge in [-0.2, -0.15) is 0 Å². The lowest BCUT2D eigenvalue weighted by Crippen LogP contribution is -1.93. The molecular formula is C11H13ClN2. The molecule has 0 aromatic carbocycles. The molecule has 0 N–H and O–H groups in total. The van der Waals surface area contributed by atoms with Crippen molar-refractivity contribution in [3.63, 3.8) is 0 Å². The van der Waals surface area contributed by atoms with Crippen LogP contribution in [0.25, 0.3) is 10.9 Å². The van der Waals surface area contributed by atoms with Crippen LogP contribution >= 0.6 is 11.6 Å². The molecule has 2 aromatic heterocycles. The zero-order valence-electron chi connectivity index (χ0n) is 8.85. The summed E-state index contributed by atoms with van der Waals surface area (Å²) in [7, 11) is 2.04. The zero-order valence-corrected chi connectivity index (χ0v) is 9.61. The SMILES string of the molecule is Cc1nc(Cl)c2c(C)cn(C)c2c1C. The van der Waals surface area contributed by atoms with Gasteiger partial charge in [0.2, 0.25) is 0 Å². The number of halogens is 1. The summed E-state index contributed by atoms with van der Waals surface area (Å²) in [6.07, 6.45) is 2.09. The normalized spacial score (nSPS) is 11.2. The molecule has 0 radical (unpaired) electrons. The summed E-state index contributed by atoms with van der Waals surface area (Å²) in [6.45, 7) is 6.13. The lowest BCUT2D eigenvalue weighted by Gasteiger charge is -2.05. The average molecular weight is 209 g/mol. The first-order chi connectivity index (χ1) is 6.52. The topological polar surface area (TPSA) is 17.8 Å². The fraction of sp³-hybridized carbons (Fsp3) is 0.364. The molecule has 0 fully saturated rings. The van der Waals surface area contributed by atoms with Gasteiger partial charge in [-0.25, -0.2) is 4.98 Å². The van der Waals surface area contributed by atoms with E-state index < -0.39 is 0 Å². The predicted octanol–water partition coefficient (Wildman–Crippen LogP) is 3.15. The van der Waals surface area contributed by atoms with Crippen molar-refractivity contribution in [2.45, 2.75) is 20.8 Å². The molecule has 2 rings (SSSR count). The average Bonchev–Trinajstić information content (AvgIpc) is 2.38. The maximum atomic E-state index is 6.13. The van der Waals surface area contributed by atoms with E-state index in [-0.39, 0.29) is 0 Å². The Morgan fingerprint density at radius 1 is 1.29 bits per heavy atom. The van der Waals surface area contributed by atoms with E-state index in [0.29, 0.717) is 5.15 Å². The second-order valence-electron chi connectivity index (χ2n) is 3.76. The van der Waals surface area contributed by atoms with E-state index in [1.165, 1.54) is 16.6 Å². The first-order valence-electron chi connectivity index (χ1n) is 4.60. The minimum Gasteiger partial charge on any atom is -0.350 e. The van der Waals surface area contributed by atoms with Crippen molar-refractivity contribution in [3.8, 4) is 0 Å². The maximum Gasteiger partial charge on any atom is 0.138 e.